The molecule has 0 saturated carbocycles. The first kappa shape index (κ1) is 27.3. The second kappa shape index (κ2) is 11.2. The van der Waals surface area contributed by atoms with Gasteiger partial charge in [0, 0.05) is 23.7 Å². The number of carboxylic acids is 1. The summed E-state index contributed by atoms with van der Waals surface area (Å²) in [5, 5.41) is 18.6. The molecule has 2 atom stereocenters. The van der Waals surface area contributed by atoms with Gasteiger partial charge in [0.05, 0.1) is 21.2 Å². The van der Waals surface area contributed by atoms with Crippen molar-refractivity contribution in [2.45, 2.75) is 55.4 Å². The number of unbranched alkanes of at least 4 members (excludes halogenated alkanes) is 1. The van der Waals surface area contributed by atoms with E-state index in [1.807, 2.05) is 11.8 Å². The van der Waals surface area contributed by atoms with E-state index in [2.05, 4.69) is 6.92 Å². The van der Waals surface area contributed by atoms with Crippen LogP contribution in [0.1, 0.15) is 39.5 Å². The van der Waals surface area contributed by atoms with Crippen LogP contribution in [-0.4, -0.2) is 55.9 Å². The highest BCUT2D eigenvalue weighted by Crippen LogP contribution is 2.47. The molecule has 1 aliphatic rings. The number of halogens is 1. The molecule has 35 heavy (non-hydrogen) atoms. The van der Waals surface area contributed by atoms with Crippen molar-refractivity contribution in [1.29, 1.82) is 0 Å². The molecular weight excluding hydrogens is 493 g/mol. The van der Waals surface area contributed by atoms with Crippen LogP contribution in [-0.2, 0) is 14.6 Å². The number of fused-ring (bicyclic) bond motifs is 1. The number of carbonyl (C=O) groups is 1. The first-order valence-electron chi connectivity index (χ1n) is 11.6. The van der Waals surface area contributed by atoms with E-state index < -0.39 is 33.9 Å². The van der Waals surface area contributed by atoms with Crippen molar-refractivity contribution in [1.82, 2.24) is 0 Å². The van der Waals surface area contributed by atoms with Gasteiger partial charge in [-0.2, -0.15) is 0 Å². The van der Waals surface area contributed by atoms with Gasteiger partial charge in [-0.1, -0.05) is 26.7 Å². The van der Waals surface area contributed by atoms with Crippen LogP contribution in [0.3, 0.4) is 0 Å². The molecule has 0 amide bonds. The fourth-order valence-electron chi connectivity index (χ4n) is 4.40. The summed E-state index contributed by atoms with van der Waals surface area (Å²) in [6, 6.07) is 9.14. The summed E-state index contributed by atoms with van der Waals surface area (Å²) >= 11 is 1.32. The molecule has 7 nitrogen and oxygen atoms in total. The van der Waals surface area contributed by atoms with E-state index in [9.17, 15) is 22.7 Å². The van der Waals surface area contributed by atoms with Gasteiger partial charge in [-0.05, 0) is 49.4 Å². The maximum atomic E-state index is 13.8. The van der Waals surface area contributed by atoms with E-state index >= 15 is 0 Å². The standard InChI is InChI=1S/C25H32FNO6S2/c1-4-6-11-25(5-2)15-27(18-9-7-17(26)8-10-18)19-12-22(34-3)21(33-14-20(28)24(29)30)13-23(19)35(31,32)16-25/h7-10,12-13,20,28H,4-6,11,14-16H2,1-3H3,(H,29,30). The number of aliphatic hydroxyl groups is 1. The highest BCUT2D eigenvalue weighted by Gasteiger charge is 2.42. The Labute approximate surface area is 210 Å². The van der Waals surface area contributed by atoms with E-state index in [-0.39, 0.29) is 22.2 Å². The molecule has 0 spiro atoms. The number of thioether (sulfide) groups is 1. The van der Waals surface area contributed by atoms with Crippen LogP contribution in [0.4, 0.5) is 15.8 Å². The predicted octanol–water partition coefficient (Wildman–Crippen LogP) is 4.88. The van der Waals surface area contributed by atoms with Crippen LogP contribution in [0.5, 0.6) is 5.75 Å². The molecule has 2 N–H and O–H groups in total. The Morgan fingerprint density at radius 3 is 2.51 bits per heavy atom. The average Bonchev–Trinajstić information content (AvgIpc) is 2.93. The molecule has 2 aromatic rings. The quantitative estimate of drug-likeness (QED) is 0.423. The number of sulfone groups is 1. The maximum Gasteiger partial charge on any atom is 0.336 e. The number of hydrogen-bond donors (Lipinski definition) is 2. The molecule has 2 aromatic carbocycles. The molecule has 0 fully saturated rings. The van der Waals surface area contributed by atoms with E-state index in [0.717, 1.165) is 19.3 Å². The number of ether oxygens (including phenoxy) is 1. The second-order valence-electron chi connectivity index (χ2n) is 8.91. The number of rotatable bonds is 10. The van der Waals surface area contributed by atoms with Crippen molar-refractivity contribution in [3.63, 3.8) is 0 Å². The van der Waals surface area contributed by atoms with Crippen molar-refractivity contribution in [2.24, 2.45) is 5.41 Å². The Hall–Kier alpha value is -2.30. The molecule has 2 unspecified atom stereocenters. The van der Waals surface area contributed by atoms with E-state index in [1.54, 1.807) is 24.5 Å². The number of aliphatic hydroxyl groups excluding tert-OH is 1. The number of hydrogen-bond acceptors (Lipinski definition) is 7. The van der Waals surface area contributed by atoms with E-state index in [1.165, 1.54) is 30.0 Å². The Balaban J connectivity index is 2.20. The fraction of sp³-hybridized carbons (Fsp3) is 0.480. The Morgan fingerprint density at radius 1 is 1.26 bits per heavy atom. The van der Waals surface area contributed by atoms with Crippen LogP contribution >= 0.6 is 11.8 Å². The summed E-state index contributed by atoms with van der Waals surface area (Å²) in [6.07, 6.45) is 3.27. The molecule has 3 rings (SSSR count). The van der Waals surface area contributed by atoms with Crippen molar-refractivity contribution >= 4 is 38.9 Å². The number of carboxylic acid groups (broad SMARTS) is 1. The molecular formula is C25H32FNO6S2. The molecule has 0 aromatic heterocycles. The zero-order valence-corrected chi connectivity index (χ0v) is 21.8. The lowest BCUT2D eigenvalue weighted by molar-refractivity contribution is -0.148. The fourth-order valence-corrected chi connectivity index (χ4v) is 7.12. The topological polar surface area (TPSA) is 104 Å². The third-order valence-electron chi connectivity index (χ3n) is 6.49. The van der Waals surface area contributed by atoms with Crippen molar-refractivity contribution in [2.75, 3.05) is 30.1 Å². The minimum atomic E-state index is -3.76. The van der Waals surface area contributed by atoms with Crippen LogP contribution in [0.25, 0.3) is 0 Å². The summed E-state index contributed by atoms with van der Waals surface area (Å²) < 4.78 is 46.8. The van der Waals surface area contributed by atoms with Gasteiger partial charge in [0.1, 0.15) is 18.2 Å². The molecule has 0 aliphatic carbocycles. The van der Waals surface area contributed by atoms with Gasteiger partial charge in [-0.25, -0.2) is 17.6 Å². The van der Waals surface area contributed by atoms with Crippen LogP contribution < -0.4 is 9.64 Å². The van der Waals surface area contributed by atoms with Crippen molar-refractivity contribution in [3.8, 4) is 5.75 Å². The number of aliphatic carboxylic acids is 1. The first-order valence-corrected chi connectivity index (χ1v) is 14.4. The largest absolute Gasteiger partial charge is 0.489 e. The summed E-state index contributed by atoms with van der Waals surface area (Å²) in [5.74, 6) is -1.66. The number of benzene rings is 2. The van der Waals surface area contributed by atoms with Gasteiger partial charge < -0.3 is 19.8 Å². The molecule has 192 valence electrons. The number of nitrogens with zero attached hydrogens (tertiary/aromatic N) is 1. The van der Waals surface area contributed by atoms with E-state index in [4.69, 9.17) is 9.84 Å². The highest BCUT2D eigenvalue weighted by molar-refractivity contribution is 7.98. The van der Waals surface area contributed by atoms with Gasteiger partial charge in [0.2, 0.25) is 0 Å². The third-order valence-corrected chi connectivity index (χ3v) is 9.24. The maximum absolute atomic E-state index is 13.8. The lowest BCUT2D eigenvalue weighted by Crippen LogP contribution is -2.37. The Bertz CT molecular complexity index is 1160. The molecule has 0 saturated heterocycles. The lowest BCUT2D eigenvalue weighted by atomic mass is 9.81. The van der Waals surface area contributed by atoms with Crippen LogP contribution in [0, 0.1) is 11.2 Å². The van der Waals surface area contributed by atoms with Gasteiger partial charge in [-0.3, -0.25) is 0 Å². The molecule has 0 radical (unpaired) electrons. The SMILES string of the molecule is CCCCC1(CC)CN(c2ccc(F)cc2)c2cc(SC)c(OCC(O)C(=O)O)cc2S(=O)(=O)C1. The summed E-state index contributed by atoms with van der Waals surface area (Å²) in [7, 11) is -3.76. The summed E-state index contributed by atoms with van der Waals surface area (Å²) in [4.78, 5) is 13.6. The average molecular weight is 526 g/mol. The molecule has 0 bridgehead atoms. The smallest absolute Gasteiger partial charge is 0.336 e. The van der Waals surface area contributed by atoms with Crippen molar-refractivity contribution < 1.29 is 32.6 Å². The normalized spacial score (nSPS) is 20.1. The predicted molar refractivity (Wildman–Crippen MR) is 135 cm³/mol. The lowest BCUT2D eigenvalue weighted by Gasteiger charge is -2.36. The monoisotopic (exact) mass is 525 g/mol. The van der Waals surface area contributed by atoms with Crippen LogP contribution in [0.15, 0.2) is 46.2 Å². The minimum absolute atomic E-state index is 0.0446. The zero-order valence-electron chi connectivity index (χ0n) is 20.2. The number of anilines is 2. The van der Waals surface area contributed by atoms with Crippen LogP contribution in [0.2, 0.25) is 0 Å². The van der Waals surface area contributed by atoms with Gasteiger partial charge >= 0.3 is 5.97 Å². The minimum Gasteiger partial charge on any atom is -0.489 e. The van der Waals surface area contributed by atoms with Crippen molar-refractivity contribution in [3.05, 3.63) is 42.2 Å². The van der Waals surface area contributed by atoms with E-state index in [0.29, 0.717) is 29.2 Å². The van der Waals surface area contributed by atoms with Gasteiger partial charge in [0.15, 0.2) is 15.9 Å². The second-order valence-corrected chi connectivity index (χ2v) is 11.7. The highest BCUT2D eigenvalue weighted by atomic mass is 32.2. The molecule has 10 heteroatoms. The molecule has 1 heterocycles. The van der Waals surface area contributed by atoms with Gasteiger partial charge in [-0.15, -0.1) is 11.8 Å². The Morgan fingerprint density at radius 2 is 1.94 bits per heavy atom. The summed E-state index contributed by atoms with van der Waals surface area (Å²) in [6.45, 7) is 4.01. The molecule has 1 aliphatic heterocycles. The summed E-state index contributed by atoms with van der Waals surface area (Å²) in [5.41, 5.74) is 0.641. The zero-order chi connectivity index (χ0) is 25.8. The third kappa shape index (κ3) is 6.10. The first-order chi connectivity index (χ1) is 16.6. The Kier molecular flexibility index (Phi) is 8.72. The van der Waals surface area contributed by atoms with Gasteiger partial charge in [0.25, 0.3) is 0 Å².